The fraction of sp³-hybridized carbons (Fsp3) is 0.292. The summed E-state index contributed by atoms with van der Waals surface area (Å²) in [5.41, 5.74) is 5.94. The quantitative estimate of drug-likeness (QED) is 0.405. The molecule has 0 unspecified atom stereocenters. The van der Waals surface area contributed by atoms with Crippen LogP contribution in [0.2, 0.25) is 0 Å². The van der Waals surface area contributed by atoms with Gasteiger partial charge in [0.15, 0.2) is 5.78 Å². The standard InChI is InChI=1S/C24H25N5O4S/c1-27-23(32)20(21(25)29(24(27)33)14-16-7-3-2-4-8-16)18(30)15-34-19-10-9-17(13-26-19)22(31)28-11-5-6-12-28/h2-4,7-10,13H,5-6,11-12,14-15,25H2,1H3. The molecule has 1 aromatic carbocycles. The zero-order valence-corrected chi connectivity index (χ0v) is 19.6. The Balaban J connectivity index is 1.51. The highest BCUT2D eigenvalue weighted by molar-refractivity contribution is 7.99. The van der Waals surface area contributed by atoms with Crippen molar-refractivity contribution in [2.24, 2.45) is 7.05 Å². The number of nitrogen functional groups attached to an aromatic ring is 1. The number of nitrogens with two attached hydrogens (primary N) is 1. The number of pyridine rings is 1. The molecule has 2 N–H and O–H groups in total. The van der Waals surface area contributed by atoms with Crippen molar-refractivity contribution < 1.29 is 9.59 Å². The summed E-state index contributed by atoms with van der Waals surface area (Å²) in [6, 6.07) is 12.5. The summed E-state index contributed by atoms with van der Waals surface area (Å²) in [6.07, 6.45) is 3.52. The summed E-state index contributed by atoms with van der Waals surface area (Å²) < 4.78 is 2.12. The van der Waals surface area contributed by atoms with Gasteiger partial charge in [-0.15, -0.1) is 0 Å². The van der Waals surface area contributed by atoms with Crippen molar-refractivity contribution in [3.8, 4) is 0 Å². The largest absolute Gasteiger partial charge is 0.384 e. The molecule has 3 aromatic rings. The number of carbonyl (C=O) groups is 2. The Morgan fingerprint density at radius 1 is 1.06 bits per heavy atom. The first-order valence-corrected chi connectivity index (χ1v) is 11.9. The van der Waals surface area contributed by atoms with Crippen LogP contribution in [0.25, 0.3) is 0 Å². The molecule has 0 saturated carbocycles. The average molecular weight is 480 g/mol. The Morgan fingerprint density at radius 3 is 2.41 bits per heavy atom. The molecule has 0 aliphatic carbocycles. The Labute approximate surface area is 200 Å². The minimum absolute atomic E-state index is 0.0467. The van der Waals surface area contributed by atoms with Crippen LogP contribution in [-0.4, -0.2) is 49.6 Å². The number of nitrogens with zero attached hydrogens (tertiary/aromatic N) is 4. The first-order chi connectivity index (χ1) is 16.4. The molecular weight excluding hydrogens is 454 g/mol. The van der Waals surface area contributed by atoms with Crippen molar-refractivity contribution in [2.45, 2.75) is 24.4 Å². The van der Waals surface area contributed by atoms with E-state index in [4.69, 9.17) is 5.73 Å². The first-order valence-electron chi connectivity index (χ1n) is 10.9. The van der Waals surface area contributed by atoms with Gasteiger partial charge in [-0.25, -0.2) is 9.78 Å². The number of carbonyl (C=O) groups excluding carboxylic acids is 2. The van der Waals surface area contributed by atoms with Gasteiger partial charge in [0.05, 0.1) is 22.9 Å². The number of hydrogen-bond acceptors (Lipinski definition) is 7. The van der Waals surface area contributed by atoms with Crippen LogP contribution in [0.4, 0.5) is 5.82 Å². The van der Waals surface area contributed by atoms with Crippen LogP contribution >= 0.6 is 11.8 Å². The van der Waals surface area contributed by atoms with Crippen LogP contribution in [0.15, 0.2) is 63.3 Å². The highest BCUT2D eigenvalue weighted by Gasteiger charge is 2.23. The van der Waals surface area contributed by atoms with Gasteiger partial charge in [-0.3, -0.25) is 23.5 Å². The normalized spacial score (nSPS) is 13.3. The Hall–Kier alpha value is -3.66. The first kappa shape index (κ1) is 23.5. The molecule has 1 saturated heterocycles. The summed E-state index contributed by atoms with van der Waals surface area (Å²) in [5, 5.41) is 0.541. The molecule has 0 spiro atoms. The molecule has 2 aromatic heterocycles. The minimum atomic E-state index is -0.725. The number of thioether (sulfide) groups is 1. The van der Waals surface area contributed by atoms with E-state index in [0.29, 0.717) is 10.6 Å². The van der Waals surface area contributed by atoms with Crippen LogP contribution < -0.4 is 17.0 Å². The second-order valence-electron chi connectivity index (χ2n) is 8.07. The van der Waals surface area contributed by atoms with E-state index in [0.717, 1.165) is 47.8 Å². The maximum Gasteiger partial charge on any atom is 0.332 e. The lowest BCUT2D eigenvalue weighted by Crippen LogP contribution is -2.43. The van der Waals surface area contributed by atoms with E-state index < -0.39 is 17.0 Å². The molecule has 1 amide bonds. The fourth-order valence-corrected chi connectivity index (χ4v) is 4.59. The van der Waals surface area contributed by atoms with Crippen molar-refractivity contribution >= 4 is 29.3 Å². The molecule has 0 radical (unpaired) electrons. The summed E-state index contributed by atoms with van der Waals surface area (Å²) in [5.74, 6) is -0.782. The fourth-order valence-electron chi connectivity index (χ4n) is 3.87. The van der Waals surface area contributed by atoms with Crippen molar-refractivity contribution in [1.82, 2.24) is 19.0 Å². The molecule has 1 aliphatic heterocycles. The number of likely N-dealkylation sites (tertiary alicyclic amines) is 1. The lowest BCUT2D eigenvalue weighted by Gasteiger charge is -2.15. The van der Waals surface area contributed by atoms with Crippen molar-refractivity contribution in [3.63, 3.8) is 0 Å². The van der Waals surface area contributed by atoms with Gasteiger partial charge in [0.2, 0.25) is 0 Å². The number of Topliss-reactive ketones (excluding diaryl/α,β-unsaturated/α-hetero) is 1. The summed E-state index contributed by atoms with van der Waals surface area (Å²) >= 11 is 1.14. The van der Waals surface area contributed by atoms with Gasteiger partial charge in [-0.1, -0.05) is 42.1 Å². The molecule has 0 atom stereocenters. The summed E-state index contributed by atoms with van der Waals surface area (Å²) in [4.78, 5) is 56.8. The van der Waals surface area contributed by atoms with Crippen molar-refractivity contribution in [1.29, 1.82) is 0 Å². The second kappa shape index (κ2) is 10.1. The Morgan fingerprint density at radius 2 is 1.76 bits per heavy atom. The molecular formula is C24H25N5O4S. The van der Waals surface area contributed by atoms with Crippen molar-refractivity contribution in [3.05, 3.63) is 86.2 Å². The molecule has 1 aliphatic rings. The maximum absolute atomic E-state index is 13.0. The molecule has 34 heavy (non-hydrogen) atoms. The molecule has 0 bridgehead atoms. The monoisotopic (exact) mass is 479 g/mol. The predicted octanol–water partition coefficient (Wildman–Crippen LogP) is 1.78. The molecule has 176 valence electrons. The minimum Gasteiger partial charge on any atom is -0.384 e. The zero-order chi connectivity index (χ0) is 24.2. The third kappa shape index (κ3) is 4.81. The van der Waals surface area contributed by atoms with Crippen LogP contribution in [0.5, 0.6) is 0 Å². The molecule has 9 nitrogen and oxygen atoms in total. The SMILES string of the molecule is Cn1c(=O)c(C(=O)CSc2ccc(C(=O)N3CCCC3)cn2)c(N)n(Cc2ccccc2)c1=O. The van der Waals surface area contributed by atoms with E-state index in [9.17, 15) is 19.2 Å². The van der Waals surface area contributed by atoms with E-state index in [1.54, 1.807) is 17.0 Å². The number of rotatable bonds is 7. The van der Waals surface area contributed by atoms with E-state index in [2.05, 4.69) is 4.98 Å². The highest BCUT2D eigenvalue weighted by Crippen LogP contribution is 2.20. The Kier molecular flexibility index (Phi) is 6.97. The number of benzene rings is 1. The van der Waals surface area contributed by atoms with Crippen LogP contribution in [0.3, 0.4) is 0 Å². The zero-order valence-electron chi connectivity index (χ0n) is 18.8. The van der Waals surface area contributed by atoms with Gasteiger partial charge in [-0.05, 0) is 30.5 Å². The molecule has 3 heterocycles. The van der Waals surface area contributed by atoms with Crippen LogP contribution in [-0.2, 0) is 13.6 Å². The summed E-state index contributed by atoms with van der Waals surface area (Å²) in [7, 11) is 1.33. The smallest absolute Gasteiger partial charge is 0.332 e. The maximum atomic E-state index is 13.0. The van der Waals surface area contributed by atoms with Gasteiger partial charge in [0.1, 0.15) is 11.4 Å². The van der Waals surface area contributed by atoms with Gasteiger partial charge in [-0.2, -0.15) is 0 Å². The van der Waals surface area contributed by atoms with Gasteiger partial charge >= 0.3 is 5.69 Å². The van der Waals surface area contributed by atoms with Crippen LogP contribution in [0, 0.1) is 0 Å². The third-order valence-electron chi connectivity index (χ3n) is 5.77. The summed E-state index contributed by atoms with van der Waals surface area (Å²) in [6.45, 7) is 1.65. The molecule has 1 fully saturated rings. The van der Waals surface area contributed by atoms with E-state index in [1.165, 1.54) is 17.8 Å². The van der Waals surface area contributed by atoms with E-state index in [-0.39, 0.29) is 29.6 Å². The third-order valence-corrected chi connectivity index (χ3v) is 6.72. The number of aromatic nitrogens is 3. The Bertz CT molecular complexity index is 1330. The van der Waals surface area contributed by atoms with Gasteiger partial charge < -0.3 is 10.6 Å². The lowest BCUT2D eigenvalue weighted by molar-refractivity contribution is 0.0792. The van der Waals surface area contributed by atoms with Gasteiger partial charge in [0, 0.05) is 26.3 Å². The number of hydrogen-bond donors (Lipinski definition) is 1. The second-order valence-corrected chi connectivity index (χ2v) is 9.07. The highest BCUT2D eigenvalue weighted by atomic mass is 32.2. The van der Waals surface area contributed by atoms with Crippen LogP contribution in [0.1, 0.15) is 39.1 Å². The number of ketones is 1. The average Bonchev–Trinajstić information content (AvgIpc) is 3.40. The van der Waals surface area contributed by atoms with E-state index >= 15 is 0 Å². The predicted molar refractivity (Wildman–Crippen MR) is 130 cm³/mol. The number of anilines is 1. The topological polar surface area (TPSA) is 120 Å². The lowest BCUT2D eigenvalue weighted by atomic mass is 10.2. The van der Waals surface area contributed by atoms with E-state index in [1.807, 2.05) is 30.3 Å². The van der Waals surface area contributed by atoms with Crippen molar-refractivity contribution in [2.75, 3.05) is 24.6 Å². The van der Waals surface area contributed by atoms with Gasteiger partial charge in [0.25, 0.3) is 11.5 Å². The molecule has 10 heteroatoms. The molecule has 4 rings (SSSR count). The number of amides is 1.